The standard InChI is InChI=1S/C21H20N2O5S/c1-12-4-7-15(8-5-12)22-21-23-19(24)18(29-21)11-14-6-9-16(17(10-14)27-3)28-13(2)20(25)26/h4-11,13H,1-3H3,(H,25,26)(H,22,23,24)/p-1/b18-11-/t13-/m0/s1. The molecule has 8 heteroatoms. The molecule has 1 N–H and O–H groups in total. The Labute approximate surface area is 172 Å². The molecule has 2 aromatic carbocycles. The first-order valence-electron chi connectivity index (χ1n) is 8.77. The van der Waals surface area contributed by atoms with Gasteiger partial charge in [-0.25, -0.2) is 4.99 Å². The van der Waals surface area contributed by atoms with Crippen molar-refractivity contribution >= 4 is 40.6 Å². The Bertz CT molecular complexity index is 999. The largest absolute Gasteiger partial charge is 0.546 e. The molecular formula is C21H19N2O5S-. The van der Waals surface area contributed by atoms with Gasteiger partial charge in [0.05, 0.1) is 23.7 Å². The van der Waals surface area contributed by atoms with E-state index in [1.54, 1.807) is 24.3 Å². The number of carboxylic acids is 1. The van der Waals surface area contributed by atoms with E-state index in [-0.39, 0.29) is 11.7 Å². The molecule has 1 aliphatic heterocycles. The molecule has 3 rings (SSSR count). The number of aliphatic imine (C=N–C) groups is 1. The Balaban J connectivity index is 1.79. The van der Waals surface area contributed by atoms with Crippen molar-refractivity contribution in [1.82, 2.24) is 5.32 Å². The van der Waals surface area contributed by atoms with Crippen LogP contribution in [0.3, 0.4) is 0 Å². The van der Waals surface area contributed by atoms with Crippen molar-refractivity contribution in [3.8, 4) is 11.5 Å². The number of nitrogens with one attached hydrogen (secondary N) is 1. The lowest BCUT2D eigenvalue weighted by atomic mass is 10.2. The van der Waals surface area contributed by atoms with Gasteiger partial charge in [0, 0.05) is 0 Å². The van der Waals surface area contributed by atoms with E-state index in [0.29, 0.717) is 21.4 Å². The van der Waals surface area contributed by atoms with Gasteiger partial charge in [-0.2, -0.15) is 0 Å². The highest BCUT2D eigenvalue weighted by Crippen LogP contribution is 2.32. The fraction of sp³-hybridized carbons (Fsp3) is 0.190. The number of nitrogens with zero attached hydrogens (tertiary/aromatic N) is 1. The van der Waals surface area contributed by atoms with Crippen LogP contribution in [0, 0.1) is 6.92 Å². The van der Waals surface area contributed by atoms with Gasteiger partial charge in [0.15, 0.2) is 16.7 Å². The SMILES string of the molecule is COc1cc(/C=C2\SC(=Nc3ccc(C)cc3)NC2=O)ccc1O[C@@H](C)C(=O)[O-]. The number of amides is 1. The van der Waals surface area contributed by atoms with Gasteiger partial charge in [-0.05, 0) is 61.5 Å². The summed E-state index contributed by atoms with van der Waals surface area (Å²) in [5.74, 6) is -0.940. The molecular weight excluding hydrogens is 392 g/mol. The summed E-state index contributed by atoms with van der Waals surface area (Å²) in [6.45, 7) is 3.37. The van der Waals surface area contributed by atoms with Crippen LogP contribution in [-0.2, 0) is 9.59 Å². The lowest BCUT2D eigenvalue weighted by molar-refractivity contribution is -0.312. The number of carboxylic acid groups (broad SMARTS) is 1. The molecule has 0 aromatic heterocycles. The predicted molar refractivity (Wildman–Crippen MR) is 110 cm³/mol. The number of hydrogen-bond acceptors (Lipinski definition) is 7. The molecule has 1 aliphatic rings. The molecule has 0 radical (unpaired) electrons. The summed E-state index contributed by atoms with van der Waals surface area (Å²) >= 11 is 1.24. The normalized spacial score (nSPS) is 17.3. The molecule has 2 aromatic rings. The lowest BCUT2D eigenvalue weighted by Gasteiger charge is -2.17. The number of aliphatic carboxylic acids is 1. The van der Waals surface area contributed by atoms with Crippen molar-refractivity contribution in [2.45, 2.75) is 20.0 Å². The maximum Gasteiger partial charge on any atom is 0.264 e. The quantitative estimate of drug-likeness (QED) is 0.733. The minimum atomic E-state index is -1.32. The van der Waals surface area contributed by atoms with Crippen LogP contribution in [0.25, 0.3) is 6.08 Å². The van der Waals surface area contributed by atoms with Gasteiger partial charge < -0.3 is 24.7 Å². The van der Waals surface area contributed by atoms with Crippen LogP contribution in [0.15, 0.2) is 52.4 Å². The fourth-order valence-electron chi connectivity index (χ4n) is 2.48. The first-order chi connectivity index (χ1) is 13.9. The maximum absolute atomic E-state index is 12.3. The number of ether oxygens (including phenoxy) is 2. The summed E-state index contributed by atoms with van der Waals surface area (Å²) in [7, 11) is 1.45. The first kappa shape index (κ1) is 20.5. The summed E-state index contributed by atoms with van der Waals surface area (Å²) in [6.07, 6.45) is 0.580. The first-order valence-corrected chi connectivity index (χ1v) is 9.59. The summed E-state index contributed by atoms with van der Waals surface area (Å²) in [6, 6.07) is 12.6. The molecule has 1 atom stereocenters. The summed E-state index contributed by atoms with van der Waals surface area (Å²) in [5, 5.41) is 14.1. The minimum Gasteiger partial charge on any atom is -0.546 e. The van der Waals surface area contributed by atoms with Crippen LogP contribution in [0.1, 0.15) is 18.1 Å². The topological polar surface area (TPSA) is 100 Å². The third-order valence-corrected chi connectivity index (χ3v) is 4.95. The van der Waals surface area contributed by atoms with Gasteiger partial charge in [0.2, 0.25) is 0 Å². The summed E-state index contributed by atoms with van der Waals surface area (Å²) < 4.78 is 10.6. The third kappa shape index (κ3) is 5.17. The van der Waals surface area contributed by atoms with Crippen molar-refractivity contribution in [2.24, 2.45) is 4.99 Å². The van der Waals surface area contributed by atoms with E-state index in [4.69, 9.17) is 9.47 Å². The number of thioether (sulfide) groups is 1. The summed E-state index contributed by atoms with van der Waals surface area (Å²) in [5.41, 5.74) is 2.59. The smallest absolute Gasteiger partial charge is 0.264 e. The van der Waals surface area contributed by atoms with Crippen LogP contribution in [0.5, 0.6) is 11.5 Å². The van der Waals surface area contributed by atoms with Gasteiger partial charge in [-0.3, -0.25) is 4.79 Å². The molecule has 1 fully saturated rings. The van der Waals surface area contributed by atoms with Crippen LogP contribution in [0.2, 0.25) is 0 Å². The van der Waals surface area contributed by atoms with Crippen molar-refractivity contribution in [3.05, 3.63) is 58.5 Å². The molecule has 0 spiro atoms. The molecule has 1 amide bonds. The number of aryl methyl sites for hydroxylation is 1. The van der Waals surface area contributed by atoms with Crippen LogP contribution < -0.4 is 19.9 Å². The van der Waals surface area contributed by atoms with E-state index in [1.165, 1.54) is 25.8 Å². The van der Waals surface area contributed by atoms with E-state index < -0.39 is 12.1 Å². The van der Waals surface area contributed by atoms with Gasteiger partial charge in [0.25, 0.3) is 5.91 Å². The highest BCUT2D eigenvalue weighted by Gasteiger charge is 2.24. The van der Waals surface area contributed by atoms with E-state index in [2.05, 4.69) is 10.3 Å². The molecule has 150 valence electrons. The maximum atomic E-state index is 12.3. The zero-order chi connectivity index (χ0) is 21.0. The average molecular weight is 411 g/mol. The number of methoxy groups -OCH3 is 1. The Hall–Kier alpha value is -3.26. The van der Waals surface area contributed by atoms with Crippen molar-refractivity contribution < 1.29 is 24.2 Å². The van der Waals surface area contributed by atoms with Crippen molar-refractivity contribution in [1.29, 1.82) is 0 Å². The number of amidine groups is 1. The molecule has 29 heavy (non-hydrogen) atoms. The molecule has 0 unspecified atom stereocenters. The number of benzene rings is 2. The average Bonchev–Trinajstić information content (AvgIpc) is 3.03. The number of hydrogen-bond donors (Lipinski definition) is 1. The number of carbonyl (C=O) groups is 2. The molecule has 1 heterocycles. The monoisotopic (exact) mass is 411 g/mol. The van der Waals surface area contributed by atoms with E-state index in [9.17, 15) is 14.7 Å². The van der Waals surface area contributed by atoms with Gasteiger partial charge in [0.1, 0.15) is 6.10 Å². The summed E-state index contributed by atoms with van der Waals surface area (Å²) in [4.78, 5) is 28.1. The fourth-order valence-corrected chi connectivity index (χ4v) is 3.32. The molecule has 0 bridgehead atoms. The van der Waals surface area contributed by atoms with E-state index >= 15 is 0 Å². The number of rotatable bonds is 6. The second-order valence-corrected chi connectivity index (χ2v) is 7.34. The third-order valence-electron chi connectivity index (χ3n) is 4.04. The van der Waals surface area contributed by atoms with E-state index in [1.807, 2.05) is 31.2 Å². The lowest BCUT2D eigenvalue weighted by Crippen LogP contribution is -2.37. The Morgan fingerprint density at radius 2 is 1.93 bits per heavy atom. The van der Waals surface area contributed by atoms with Crippen LogP contribution in [0.4, 0.5) is 5.69 Å². The zero-order valence-electron chi connectivity index (χ0n) is 16.1. The highest BCUT2D eigenvalue weighted by atomic mass is 32.2. The van der Waals surface area contributed by atoms with Gasteiger partial charge in [-0.15, -0.1) is 0 Å². The van der Waals surface area contributed by atoms with Crippen molar-refractivity contribution in [2.75, 3.05) is 7.11 Å². The van der Waals surface area contributed by atoms with Gasteiger partial charge in [-0.1, -0.05) is 23.8 Å². The molecule has 0 saturated carbocycles. The highest BCUT2D eigenvalue weighted by molar-refractivity contribution is 8.18. The predicted octanol–water partition coefficient (Wildman–Crippen LogP) is 2.41. The van der Waals surface area contributed by atoms with Crippen LogP contribution >= 0.6 is 11.8 Å². The number of carbonyl (C=O) groups excluding carboxylic acids is 2. The second kappa shape index (κ2) is 8.83. The Morgan fingerprint density at radius 1 is 1.21 bits per heavy atom. The molecule has 7 nitrogen and oxygen atoms in total. The van der Waals surface area contributed by atoms with Gasteiger partial charge >= 0.3 is 0 Å². The van der Waals surface area contributed by atoms with E-state index in [0.717, 1.165) is 11.3 Å². The second-order valence-electron chi connectivity index (χ2n) is 6.31. The Morgan fingerprint density at radius 3 is 2.59 bits per heavy atom. The van der Waals surface area contributed by atoms with Crippen molar-refractivity contribution in [3.63, 3.8) is 0 Å². The molecule has 0 aliphatic carbocycles. The molecule has 1 saturated heterocycles. The Kier molecular flexibility index (Phi) is 6.23. The zero-order valence-corrected chi connectivity index (χ0v) is 16.9. The minimum absolute atomic E-state index is 0.245. The van der Waals surface area contributed by atoms with Crippen LogP contribution in [-0.4, -0.2) is 30.3 Å².